The Hall–Kier alpha value is -1.41. The van der Waals surface area contributed by atoms with E-state index in [0.29, 0.717) is 81.7 Å². The molecule has 0 saturated carbocycles. The number of benzene rings is 1. The molecule has 1 aromatic carbocycles. The number of carboxylic acid groups (broad SMARTS) is 1. The van der Waals surface area contributed by atoms with Crippen molar-refractivity contribution < 1.29 is 97.5 Å². The quantitative estimate of drug-likeness (QED) is 0.108. The number of nitrogens with zero attached hydrogens (tertiary/aromatic N) is 1. The van der Waals surface area contributed by atoms with Crippen LogP contribution in [0.25, 0.3) is 0 Å². The van der Waals surface area contributed by atoms with Gasteiger partial charge in [0.05, 0.1) is 47.8 Å². The normalized spacial score (nSPS) is 36.4. The zero-order valence-electron chi connectivity index (χ0n) is 45.3. The summed E-state index contributed by atoms with van der Waals surface area (Å²) >= 11 is 5.72. The summed E-state index contributed by atoms with van der Waals surface area (Å²) in [5, 5.41) is 46.6. The van der Waals surface area contributed by atoms with Crippen molar-refractivity contribution in [2.24, 2.45) is 41.4 Å². The van der Waals surface area contributed by atoms with Gasteiger partial charge in [-0.25, -0.2) is 4.79 Å². The number of aliphatic hydroxyl groups is 3. The molecule has 0 amide bonds. The van der Waals surface area contributed by atoms with Gasteiger partial charge in [-0.15, -0.1) is 12.4 Å². The molecule has 4 saturated heterocycles. The van der Waals surface area contributed by atoms with E-state index in [1.54, 1.807) is 43.3 Å². The fraction of sp³-hybridized carbons (Fsp3) is 0.796. The van der Waals surface area contributed by atoms with Gasteiger partial charge >= 0.3 is 35.5 Å². The number of rotatable bonds is 18. The van der Waals surface area contributed by atoms with Gasteiger partial charge in [0.2, 0.25) is 5.79 Å². The number of carbonyl (C=O) groups excluding carboxylic acids is 3. The minimum absolute atomic E-state index is 0. The molecule has 2 spiro atoms. The Morgan fingerprint density at radius 2 is 1.57 bits per heavy atom. The molecule has 0 aliphatic carbocycles. The van der Waals surface area contributed by atoms with Crippen molar-refractivity contribution in [2.75, 3.05) is 33.9 Å². The average molecular weight is 1070 g/mol. The Morgan fingerprint density at radius 3 is 2.15 bits per heavy atom. The topological polar surface area (TPSA) is 203 Å². The summed E-state index contributed by atoms with van der Waals surface area (Å²) in [6, 6.07) is 6.81. The Bertz CT molecular complexity index is 1920. The molecule has 0 bridgehead atoms. The number of ketones is 1. The molecule has 18 heteroatoms. The maximum absolute atomic E-state index is 14.4. The van der Waals surface area contributed by atoms with Gasteiger partial charge in [-0.1, -0.05) is 67.0 Å². The van der Waals surface area contributed by atoms with E-state index in [1.807, 2.05) is 60.5 Å². The van der Waals surface area contributed by atoms with Crippen molar-refractivity contribution >= 4 is 41.7 Å². The Kier molecular flexibility index (Phi) is 25.0. The van der Waals surface area contributed by atoms with Crippen LogP contribution in [0, 0.1) is 41.4 Å². The molecule has 0 aromatic heterocycles. The summed E-state index contributed by atoms with van der Waals surface area (Å²) in [6.07, 6.45) is 5.22. The number of esters is 1. The molecule has 5 heterocycles. The third-order valence-corrected chi connectivity index (χ3v) is 16.7. The molecule has 3 N–H and O–H groups in total. The van der Waals surface area contributed by atoms with Crippen LogP contribution in [0.1, 0.15) is 133 Å². The number of ether oxygens (including phenoxy) is 7. The molecular formula is C54H86Cl2NNaO14. The predicted molar refractivity (Wildman–Crippen MR) is 270 cm³/mol. The molecular weight excluding hydrogens is 980 g/mol. The maximum Gasteiger partial charge on any atom is 1.00 e. The molecule has 406 valence electrons. The number of Topliss-reactive ketones (excluding diaryl/α,β-unsaturated/α-hetero) is 1. The van der Waals surface area contributed by atoms with Crippen LogP contribution >= 0.6 is 24.0 Å². The van der Waals surface area contributed by atoms with E-state index in [0.717, 1.165) is 6.42 Å². The van der Waals surface area contributed by atoms with Gasteiger partial charge in [0.15, 0.2) is 12.4 Å². The van der Waals surface area contributed by atoms with Gasteiger partial charge in [-0.3, -0.25) is 4.79 Å². The van der Waals surface area contributed by atoms with Crippen LogP contribution in [0.15, 0.2) is 36.4 Å². The summed E-state index contributed by atoms with van der Waals surface area (Å²) < 4.78 is 43.6. The number of carboxylic acids is 1. The fourth-order valence-electron chi connectivity index (χ4n) is 11.5. The number of carbonyl (C=O) groups is 3. The van der Waals surface area contributed by atoms with Crippen molar-refractivity contribution in [2.45, 2.75) is 199 Å². The van der Waals surface area contributed by atoms with Crippen LogP contribution in [0.5, 0.6) is 5.75 Å². The van der Waals surface area contributed by atoms with Crippen molar-refractivity contribution in [1.29, 1.82) is 0 Å². The van der Waals surface area contributed by atoms with Gasteiger partial charge in [0.1, 0.15) is 24.2 Å². The van der Waals surface area contributed by atoms with Gasteiger partial charge in [0.25, 0.3) is 0 Å². The van der Waals surface area contributed by atoms with Crippen molar-refractivity contribution in [3.63, 3.8) is 0 Å². The van der Waals surface area contributed by atoms with E-state index in [-0.39, 0.29) is 90.3 Å². The largest absolute Gasteiger partial charge is 1.00 e. The second-order valence-corrected chi connectivity index (χ2v) is 22.1. The Labute approximate surface area is 462 Å². The second-order valence-electron chi connectivity index (χ2n) is 21.7. The van der Waals surface area contributed by atoms with E-state index < -0.39 is 82.9 Å². The monoisotopic (exact) mass is 1070 g/mol. The number of aliphatic hydroxyl groups excluding tert-OH is 2. The molecule has 5 aliphatic heterocycles. The molecule has 72 heavy (non-hydrogen) atoms. The number of halogens is 2. The molecule has 0 radical (unpaired) electrons. The SMILES string of the molecule is CCC(C(=O)[O-])C1CCC(C)C(C(C)C(O)C(C)C(=O)C(CC)C2OC3(C=CC(O)C4(CCC(C)(C5CCC(O)(CC)C(C)O5)O4)O3)C(C)CC2C)O1.CN(C)CCOC(=O)COc1ccc(Cl)cc1.Cl.[Na+]. The number of hydrogen-bond donors (Lipinski definition) is 3. The Balaban J connectivity index is 0.000000612. The molecule has 18 atom stereocenters. The number of aliphatic carboxylic acids is 1. The standard InChI is InChI=1S/C42H70O11.C12H16ClNO3.ClH.Na/c1-11-29(38(46)47)31-15-14-23(4)36(50-31)27(8)34(44)26(7)35(45)30(12-2)37-24(5)22-25(6)41(51-37)19-16-32(43)42(53-41)21-20-39(10,52-42)33-17-18-40(48,13-3)28(9)49-33;1-14(2)7-8-16-12(15)9-17-11-5-3-10(13)4-6-11;;/h16,19,23-34,36-37,43-44,48H,11-15,17-18,20-22H2,1-10H3,(H,46,47);3-6H,7-9H2,1-2H3;1H;/q;;;+1/p-1. The summed E-state index contributed by atoms with van der Waals surface area (Å²) in [7, 11) is 3.83. The summed E-state index contributed by atoms with van der Waals surface area (Å²) in [5.41, 5.74) is -1.64. The van der Waals surface area contributed by atoms with Crippen LogP contribution in [0.2, 0.25) is 5.02 Å². The first-order valence-electron chi connectivity index (χ1n) is 26.0. The molecule has 6 rings (SSSR count). The molecule has 4 fully saturated rings. The first-order chi connectivity index (χ1) is 32.9. The smallest absolute Gasteiger partial charge is 0.550 e. The molecule has 5 aliphatic rings. The van der Waals surface area contributed by atoms with Crippen LogP contribution in [-0.4, -0.2) is 137 Å². The van der Waals surface area contributed by atoms with E-state index in [9.17, 15) is 34.8 Å². The van der Waals surface area contributed by atoms with Gasteiger partial charge in [-0.05, 0) is 134 Å². The second kappa shape index (κ2) is 27.8. The van der Waals surface area contributed by atoms with Gasteiger partial charge < -0.3 is 63.3 Å². The fourth-order valence-corrected chi connectivity index (χ4v) is 11.7. The van der Waals surface area contributed by atoms with E-state index >= 15 is 0 Å². The average Bonchev–Trinajstić information content (AvgIpc) is 3.67. The van der Waals surface area contributed by atoms with Crippen LogP contribution < -0.4 is 39.4 Å². The minimum atomic E-state index is -1.37. The maximum atomic E-state index is 14.4. The summed E-state index contributed by atoms with van der Waals surface area (Å²) in [4.78, 5) is 39.5. The molecule has 1 aromatic rings. The Morgan fingerprint density at radius 1 is 0.917 bits per heavy atom. The molecule has 15 nitrogen and oxygen atoms in total. The van der Waals surface area contributed by atoms with Gasteiger partial charge in [-0.2, -0.15) is 0 Å². The first-order valence-corrected chi connectivity index (χ1v) is 26.4. The molecule has 18 unspecified atom stereocenters. The summed E-state index contributed by atoms with van der Waals surface area (Å²) in [6.45, 7) is 20.5. The van der Waals surface area contributed by atoms with Gasteiger partial charge in [0, 0.05) is 53.5 Å². The first kappa shape index (κ1) is 64.9. The van der Waals surface area contributed by atoms with E-state index in [2.05, 4.69) is 20.8 Å². The van der Waals surface area contributed by atoms with Crippen molar-refractivity contribution in [3.05, 3.63) is 41.4 Å². The third-order valence-electron chi connectivity index (χ3n) is 16.4. The predicted octanol–water partition coefficient (Wildman–Crippen LogP) is 4.10. The van der Waals surface area contributed by atoms with Crippen LogP contribution in [-0.2, 0) is 42.8 Å². The summed E-state index contributed by atoms with van der Waals surface area (Å²) in [5.74, 6) is -6.01. The zero-order chi connectivity index (χ0) is 51.9. The van der Waals surface area contributed by atoms with Crippen LogP contribution in [0.4, 0.5) is 0 Å². The van der Waals surface area contributed by atoms with E-state index in [1.165, 1.54) is 0 Å². The number of likely N-dealkylation sites (N-methyl/N-ethyl adjacent to an activating group) is 1. The van der Waals surface area contributed by atoms with Crippen molar-refractivity contribution in [3.8, 4) is 5.75 Å². The van der Waals surface area contributed by atoms with Crippen LogP contribution in [0.3, 0.4) is 0 Å². The van der Waals surface area contributed by atoms with Crippen molar-refractivity contribution in [1.82, 2.24) is 4.90 Å². The minimum Gasteiger partial charge on any atom is -0.550 e. The third kappa shape index (κ3) is 15.2. The number of hydrogen-bond acceptors (Lipinski definition) is 15. The van der Waals surface area contributed by atoms with E-state index in [4.69, 9.17) is 44.8 Å². The zero-order valence-corrected chi connectivity index (χ0v) is 48.9.